The first-order valence-electron chi connectivity index (χ1n) is 8.96. The zero-order valence-corrected chi connectivity index (χ0v) is 17.2. The number of rotatable bonds is 2. The van der Waals surface area contributed by atoms with Gasteiger partial charge in [0, 0.05) is 40.6 Å². The lowest BCUT2D eigenvalue weighted by Crippen LogP contribution is -2.38. The molecule has 0 radical (unpaired) electrons. The second kappa shape index (κ2) is 6.76. The maximum absolute atomic E-state index is 13.0. The van der Waals surface area contributed by atoms with Crippen LogP contribution in [0.2, 0.25) is 0 Å². The molecule has 140 valence electrons. The van der Waals surface area contributed by atoms with Crippen molar-refractivity contribution >= 4 is 44.1 Å². The lowest BCUT2D eigenvalue weighted by molar-refractivity contribution is 0.0733. The number of hydrogen-bond donors (Lipinski definition) is 2. The molecule has 0 atom stereocenters. The van der Waals surface area contributed by atoms with Gasteiger partial charge in [-0.15, -0.1) is 11.3 Å². The van der Waals surface area contributed by atoms with Crippen molar-refractivity contribution in [3.8, 4) is 10.6 Å². The summed E-state index contributed by atoms with van der Waals surface area (Å²) in [7, 11) is 0. The number of para-hydroxylation sites is 1. The van der Waals surface area contributed by atoms with Gasteiger partial charge in [0.05, 0.1) is 16.1 Å². The van der Waals surface area contributed by atoms with Crippen molar-refractivity contribution < 1.29 is 4.79 Å². The molecule has 4 heterocycles. The number of carbonyl (C=O) groups excluding carboxylic acids is 1. The third kappa shape index (κ3) is 2.82. The van der Waals surface area contributed by atoms with Crippen LogP contribution in [0.3, 0.4) is 0 Å². The summed E-state index contributed by atoms with van der Waals surface area (Å²) in [5, 5.41) is 3.07. The van der Waals surface area contributed by atoms with E-state index in [9.17, 15) is 9.59 Å². The minimum Gasteiger partial charge on any atom is -0.357 e. The minimum atomic E-state index is -0.344. The van der Waals surface area contributed by atoms with Crippen molar-refractivity contribution in [2.24, 2.45) is 0 Å². The fourth-order valence-electron chi connectivity index (χ4n) is 3.76. The van der Waals surface area contributed by atoms with E-state index in [-0.39, 0.29) is 17.0 Å². The Bertz CT molecular complexity index is 1260. The number of thiophene rings is 1. The highest BCUT2D eigenvalue weighted by molar-refractivity contribution is 9.10. The van der Waals surface area contributed by atoms with Crippen LogP contribution in [0, 0.1) is 0 Å². The van der Waals surface area contributed by atoms with Gasteiger partial charge in [0.15, 0.2) is 0 Å². The van der Waals surface area contributed by atoms with E-state index >= 15 is 0 Å². The maximum Gasteiger partial charge on any atom is 0.261 e. The first-order valence-corrected chi connectivity index (χ1v) is 10.6. The smallest absolute Gasteiger partial charge is 0.261 e. The Balaban J connectivity index is 1.46. The second-order valence-corrected chi connectivity index (χ2v) is 8.62. The number of H-pyrrole nitrogens is 2. The highest BCUT2D eigenvalue weighted by Crippen LogP contribution is 2.32. The third-order valence-corrected chi connectivity index (χ3v) is 6.74. The summed E-state index contributed by atoms with van der Waals surface area (Å²) in [6.07, 6.45) is 0.743. The first-order chi connectivity index (χ1) is 13.6. The maximum atomic E-state index is 13.0. The topological polar surface area (TPSA) is 69.0 Å². The van der Waals surface area contributed by atoms with Gasteiger partial charge in [-0.2, -0.15) is 0 Å². The number of amides is 1. The molecule has 0 fully saturated rings. The van der Waals surface area contributed by atoms with Crippen LogP contribution in [0.15, 0.2) is 57.1 Å². The monoisotopic (exact) mass is 453 g/mol. The van der Waals surface area contributed by atoms with Gasteiger partial charge in [0.2, 0.25) is 0 Å². The van der Waals surface area contributed by atoms with Crippen LogP contribution in [0.5, 0.6) is 0 Å². The number of aromatic nitrogens is 2. The summed E-state index contributed by atoms with van der Waals surface area (Å²) in [4.78, 5) is 34.6. The number of pyridine rings is 1. The van der Waals surface area contributed by atoms with Gasteiger partial charge in [-0.25, -0.2) is 0 Å². The van der Waals surface area contributed by atoms with E-state index in [1.54, 1.807) is 28.4 Å². The average Bonchev–Trinajstić information content (AvgIpc) is 3.36. The summed E-state index contributed by atoms with van der Waals surface area (Å²) in [6.45, 7) is 1.08. The van der Waals surface area contributed by atoms with Gasteiger partial charge in [0.25, 0.3) is 11.5 Å². The Labute approximate surface area is 173 Å². The first kappa shape index (κ1) is 17.5. The van der Waals surface area contributed by atoms with E-state index < -0.39 is 0 Å². The lowest BCUT2D eigenvalue weighted by Gasteiger charge is -2.27. The molecule has 4 aromatic rings. The van der Waals surface area contributed by atoms with Gasteiger partial charge >= 0.3 is 0 Å². The zero-order valence-electron chi connectivity index (χ0n) is 14.8. The van der Waals surface area contributed by atoms with Crippen LogP contribution in [0.1, 0.15) is 21.6 Å². The standard InChI is InChI=1S/C21H16BrN3O2S/c22-15-4-1-3-12-14-11-25(9-8-16(14)23-19(12)15)21(27)13-6-7-17(24-20(13)26)18-5-2-10-28-18/h1-7,10,23H,8-9,11H2,(H,24,26). The summed E-state index contributed by atoms with van der Waals surface area (Å²) in [6, 6.07) is 13.4. The van der Waals surface area contributed by atoms with Crippen molar-refractivity contribution in [2.45, 2.75) is 13.0 Å². The van der Waals surface area contributed by atoms with E-state index in [0.29, 0.717) is 13.1 Å². The normalized spacial score (nSPS) is 13.7. The molecule has 0 spiro atoms. The number of nitrogens with one attached hydrogen (secondary N) is 2. The molecule has 0 aliphatic carbocycles. The molecule has 5 rings (SSSR count). The lowest BCUT2D eigenvalue weighted by atomic mass is 10.0. The molecule has 1 aliphatic heterocycles. The van der Waals surface area contributed by atoms with Crippen LogP contribution in [0.25, 0.3) is 21.5 Å². The fourth-order valence-corrected chi connectivity index (χ4v) is 4.94. The van der Waals surface area contributed by atoms with Crippen molar-refractivity contribution in [1.29, 1.82) is 0 Å². The molecule has 0 unspecified atom stereocenters. The molecule has 7 heteroatoms. The molecule has 0 saturated carbocycles. The van der Waals surface area contributed by atoms with E-state index in [4.69, 9.17) is 0 Å². The summed E-state index contributed by atoms with van der Waals surface area (Å²) in [5.41, 5.74) is 3.92. The van der Waals surface area contributed by atoms with E-state index in [1.807, 2.05) is 29.6 Å². The van der Waals surface area contributed by atoms with E-state index in [1.165, 1.54) is 0 Å². The quantitative estimate of drug-likeness (QED) is 0.467. The fraction of sp³-hybridized carbons (Fsp3) is 0.143. The minimum absolute atomic E-state index is 0.185. The number of fused-ring (bicyclic) bond motifs is 3. The molecule has 5 nitrogen and oxygen atoms in total. The predicted molar refractivity (Wildman–Crippen MR) is 115 cm³/mol. The molecule has 2 N–H and O–H groups in total. The highest BCUT2D eigenvalue weighted by Gasteiger charge is 2.26. The Morgan fingerprint density at radius 3 is 2.79 bits per heavy atom. The van der Waals surface area contributed by atoms with Crippen molar-refractivity contribution in [1.82, 2.24) is 14.9 Å². The summed E-state index contributed by atoms with van der Waals surface area (Å²) in [5.74, 6) is -0.228. The Kier molecular flexibility index (Phi) is 4.21. The molecular weight excluding hydrogens is 438 g/mol. The van der Waals surface area contributed by atoms with Crippen LogP contribution in [0.4, 0.5) is 0 Å². The Morgan fingerprint density at radius 2 is 2.00 bits per heavy atom. The number of nitrogens with zero attached hydrogens (tertiary/aromatic N) is 1. The van der Waals surface area contributed by atoms with Crippen molar-refractivity contribution in [2.75, 3.05) is 6.54 Å². The number of carbonyl (C=O) groups is 1. The SMILES string of the molecule is O=C(c1ccc(-c2cccs2)[nH]c1=O)N1CCc2[nH]c3c(Br)cccc3c2C1. The molecule has 1 amide bonds. The molecule has 1 aromatic carbocycles. The van der Waals surface area contributed by atoms with E-state index in [0.717, 1.165) is 43.6 Å². The van der Waals surface area contributed by atoms with Gasteiger partial charge in [-0.3, -0.25) is 9.59 Å². The highest BCUT2D eigenvalue weighted by atomic mass is 79.9. The van der Waals surface area contributed by atoms with Gasteiger partial charge in [-0.1, -0.05) is 18.2 Å². The summed E-state index contributed by atoms with van der Waals surface area (Å²) < 4.78 is 1.01. The predicted octanol–water partition coefficient (Wildman–Crippen LogP) is 4.55. The van der Waals surface area contributed by atoms with Crippen LogP contribution >= 0.6 is 27.3 Å². The number of hydrogen-bond acceptors (Lipinski definition) is 3. The second-order valence-electron chi connectivity index (χ2n) is 6.81. The molecule has 0 saturated heterocycles. The van der Waals surface area contributed by atoms with Gasteiger partial charge < -0.3 is 14.9 Å². The van der Waals surface area contributed by atoms with Gasteiger partial charge in [0.1, 0.15) is 5.56 Å². The van der Waals surface area contributed by atoms with Crippen LogP contribution in [-0.2, 0) is 13.0 Å². The number of halogens is 1. The zero-order chi connectivity index (χ0) is 19.3. The van der Waals surface area contributed by atoms with Crippen LogP contribution < -0.4 is 5.56 Å². The van der Waals surface area contributed by atoms with Crippen molar-refractivity contribution in [3.63, 3.8) is 0 Å². The summed E-state index contributed by atoms with van der Waals surface area (Å²) >= 11 is 5.13. The van der Waals surface area contributed by atoms with Crippen molar-refractivity contribution in [3.05, 3.63) is 79.5 Å². The largest absolute Gasteiger partial charge is 0.357 e. The Morgan fingerprint density at radius 1 is 1.11 bits per heavy atom. The molecule has 3 aromatic heterocycles. The Hall–Kier alpha value is -2.64. The number of aromatic amines is 2. The number of benzene rings is 1. The average molecular weight is 454 g/mol. The molecule has 28 heavy (non-hydrogen) atoms. The molecule has 1 aliphatic rings. The van der Waals surface area contributed by atoms with E-state index in [2.05, 4.69) is 32.0 Å². The molecule has 0 bridgehead atoms. The van der Waals surface area contributed by atoms with Crippen LogP contribution in [-0.4, -0.2) is 27.3 Å². The molecular formula is C21H16BrN3O2S. The third-order valence-electron chi connectivity index (χ3n) is 5.17. The van der Waals surface area contributed by atoms with Gasteiger partial charge in [-0.05, 0) is 45.6 Å².